The molecule has 0 spiro atoms. The molecule has 0 radical (unpaired) electrons. The number of esters is 3. The molecule has 0 aromatic rings. The van der Waals surface area contributed by atoms with Gasteiger partial charge in [0.1, 0.15) is 13.2 Å². The second-order valence-corrected chi connectivity index (χ2v) is 15.3. The summed E-state index contributed by atoms with van der Waals surface area (Å²) < 4.78 is 16.6. The number of rotatable bonds is 41. The van der Waals surface area contributed by atoms with Gasteiger partial charge in [-0.25, -0.2) is 0 Å². The Morgan fingerprint density at radius 1 is 0.375 bits per heavy atom. The predicted molar refractivity (Wildman–Crippen MR) is 238 cm³/mol. The molecule has 0 saturated carbocycles. The molecule has 0 saturated heterocycles. The van der Waals surface area contributed by atoms with E-state index in [0.717, 1.165) is 109 Å². The van der Waals surface area contributed by atoms with Crippen molar-refractivity contribution < 1.29 is 28.6 Å². The summed E-state index contributed by atoms with van der Waals surface area (Å²) in [5, 5.41) is 0. The van der Waals surface area contributed by atoms with Crippen LogP contribution < -0.4 is 0 Å². The van der Waals surface area contributed by atoms with Crippen molar-refractivity contribution in [2.75, 3.05) is 13.2 Å². The third kappa shape index (κ3) is 42.3. The third-order valence-corrected chi connectivity index (χ3v) is 9.76. The summed E-state index contributed by atoms with van der Waals surface area (Å²) in [5.41, 5.74) is 0. The van der Waals surface area contributed by atoms with E-state index in [1.165, 1.54) is 70.6 Å². The highest BCUT2D eigenvalue weighted by Crippen LogP contribution is 2.13. The molecule has 0 aliphatic carbocycles. The Morgan fingerprint density at radius 2 is 0.696 bits per heavy atom. The summed E-state index contributed by atoms with van der Waals surface area (Å²) >= 11 is 0. The monoisotopic (exact) mass is 783 g/mol. The molecule has 6 heteroatoms. The molecule has 0 N–H and O–H groups in total. The minimum atomic E-state index is -0.775. The second-order valence-electron chi connectivity index (χ2n) is 15.3. The predicted octanol–water partition coefficient (Wildman–Crippen LogP) is 14.9. The van der Waals surface area contributed by atoms with Crippen LogP contribution in [0, 0.1) is 0 Å². The van der Waals surface area contributed by atoms with Gasteiger partial charge in [-0.3, -0.25) is 14.4 Å². The van der Waals surface area contributed by atoms with Crippen LogP contribution >= 0.6 is 0 Å². The standard InChI is InChI=1S/C50H86O6/c1-4-7-10-13-15-17-19-21-22-23-24-25-26-27-28-29-31-32-34-37-40-43-49(52)55-46-47(45-54-48(51)42-39-36-12-9-6-3)56-50(53)44-41-38-35-33-30-20-18-16-14-11-8-5-2/h7,10,15-18,21-22,24-25,47H,4-6,8-9,11-14,19-20,23,26-46H2,1-3H3/b10-7-,17-15-,18-16-,22-21-,25-24-. The third-order valence-electron chi connectivity index (χ3n) is 9.76. The average molecular weight is 783 g/mol. The molecule has 0 bridgehead atoms. The summed E-state index contributed by atoms with van der Waals surface area (Å²) in [6.07, 6.45) is 53.8. The summed E-state index contributed by atoms with van der Waals surface area (Å²) in [6, 6.07) is 0. The highest BCUT2D eigenvalue weighted by Gasteiger charge is 2.19. The van der Waals surface area contributed by atoms with Gasteiger partial charge in [0.15, 0.2) is 6.10 Å². The van der Waals surface area contributed by atoms with Crippen molar-refractivity contribution >= 4 is 17.9 Å². The zero-order valence-electron chi connectivity index (χ0n) is 36.6. The Kier molecular flexibility index (Phi) is 42.5. The van der Waals surface area contributed by atoms with Crippen LogP contribution in [0.4, 0.5) is 0 Å². The van der Waals surface area contributed by atoms with Crippen LogP contribution in [-0.4, -0.2) is 37.2 Å². The van der Waals surface area contributed by atoms with Crippen molar-refractivity contribution in [1.82, 2.24) is 0 Å². The van der Waals surface area contributed by atoms with Crippen LogP contribution in [-0.2, 0) is 28.6 Å². The number of unbranched alkanes of at least 4 members (excludes halogenated alkanes) is 20. The van der Waals surface area contributed by atoms with Gasteiger partial charge in [-0.05, 0) is 83.5 Å². The van der Waals surface area contributed by atoms with Gasteiger partial charge in [0.05, 0.1) is 0 Å². The van der Waals surface area contributed by atoms with Crippen molar-refractivity contribution in [2.45, 2.75) is 226 Å². The highest BCUT2D eigenvalue weighted by atomic mass is 16.6. The first kappa shape index (κ1) is 53.1. The topological polar surface area (TPSA) is 78.9 Å². The minimum Gasteiger partial charge on any atom is -0.462 e. The van der Waals surface area contributed by atoms with Crippen LogP contribution in [0.5, 0.6) is 0 Å². The maximum Gasteiger partial charge on any atom is 0.306 e. The van der Waals surface area contributed by atoms with Crippen molar-refractivity contribution in [3.8, 4) is 0 Å². The summed E-state index contributed by atoms with van der Waals surface area (Å²) in [4.78, 5) is 37.5. The number of carbonyl (C=O) groups excluding carboxylic acids is 3. The Labute approximate surface area is 345 Å². The first-order chi connectivity index (χ1) is 27.5. The van der Waals surface area contributed by atoms with Crippen LogP contribution in [0.1, 0.15) is 220 Å². The number of hydrogen-bond acceptors (Lipinski definition) is 6. The first-order valence-electron chi connectivity index (χ1n) is 23.3. The number of ether oxygens (including phenoxy) is 3. The zero-order chi connectivity index (χ0) is 40.8. The number of hydrogen-bond donors (Lipinski definition) is 0. The Morgan fingerprint density at radius 3 is 1.14 bits per heavy atom. The van der Waals surface area contributed by atoms with Crippen molar-refractivity contribution in [2.24, 2.45) is 0 Å². The molecule has 56 heavy (non-hydrogen) atoms. The lowest BCUT2D eigenvalue weighted by molar-refractivity contribution is -0.167. The molecule has 0 rings (SSSR count). The molecule has 6 nitrogen and oxygen atoms in total. The van der Waals surface area contributed by atoms with E-state index in [1.807, 2.05) is 0 Å². The molecule has 0 fully saturated rings. The van der Waals surface area contributed by atoms with Gasteiger partial charge in [0, 0.05) is 19.3 Å². The molecular weight excluding hydrogens is 697 g/mol. The van der Waals surface area contributed by atoms with Gasteiger partial charge >= 0.3 is 17.9 Å². The molecule has 0 aromatic carbocycles. The second kappa shape index (κ2) is 44.8. The molecule has 0 heterocycles. The van der Waals surface area contributed by atoms with Gasteiger partial charge < -0.3 is 14.2 Å². The fraction of sp³-hybridized carbons (Fsp3) is 0.740. The summed E-state index contributed by atoms with van der Waals surface area (Å²) in [6.45, 7) is 6.39. The van der Waals surface area contributed by atoms with Gasteiger partial charge in [-0.15, -0.1) is 0 Å². The lowest BCUT2D eigenvalue weighted by Crippen LogP contribution is -2.30. The maximum absolute atomic E-state index is 12.7. The average Bonchev–Trinajstić information content (AvgIpc) is 3.19. The highest BCUT2D eigenvalue weighted by molar-refractivity contribution is 5.71. The van der Waals surface area contributed by atoms with Crippen LogP contribution in [0.3, 0.4) is 0 Å². The first-order valence-corrected chi connectivity index (χ1v) is 23.3. The SMILES string of the molecule is CC/C=C\C/C=C\C/C=C\C/C=C\CCCCCCCCCCC(=O)OCC(COC(=O)CCCCCCC)OC(=O)CCCCCCC/C=C\CCCCC. The van der Waals surface area contributed by atoms with Gasteiger partial charge in [0.25, 0.3) is 0 Å². The fourth-order valence-corrected chi connectivity index (χ4v) is 6.25. The fourth-order valence-electron chi connectivity index (χ4n) is 6.25. The van der Waals surface area contributed by atoms with Gasteiger partial charge in [-0.1, -0.05) is 178 Å². The Bertz CT molecular complexity index is 1040. The molecule has 322 valence electrons. The van der Waals surface area contributed by atoms with E-state index >= 15 is 0 Å². The Hall–Kier alpha value is -2.89. The van der Waals surface area contributed by atoms with Crippen molar-refractivity contribution in [1.29, 1.82) is 0 Å². The van der Waals surface area contributed by atoms with E-state index in [1.54, 1.807) is 0 Å². The molecular formula is C50H86O6. The van der Waals surface area contributed by atoms with Crippen molar-refractivity contribution in [3.63, 3.8) is 0 Å². The number of allylic oxidation sites excluding steroid dienone is 10. The summed E-state index contributed by atoms with van der Waals surface area (Å²) in [5.74, 6) is -0.915. The van der Waals surface area contributed by atoms with Crippen molar-refractivity contribution in [3.05, 3.63) is 60.8 Å². The van der Waals surface area contributed by atoms with Crippen LogP contribution in [0.2, 0.25) is 0 Å². The van der Waals surface area contributed by atoms with E-state index in [4.69, 9.17) is 14.2 Å². The molecule has 1 unspecified atom stereocenters. The molecule has 1 atom stereocenters. The molecule has 0 amide bonds. The Balaban J connectivity index is 4.18. The van der Waals surface area contributed by atoms with E-state index in [9.17, 15) is 14.4 Å². The van der Waals surface area contributed by atoms with Gasteiger partial charge in [-0.2, -0.15) is 0 Å². The quantitative estimate of drug-likeness (QED) is 0.0266. The zero-order valence-corrected chi connectivity index (χ0v) is 36.6. The normalized spacial score (nSPS) is 12.6. The van der Waals surface area contributed by atoms with E-state index in [0.29, 0.717) is 19.3 Å². The van der Waals surface area contributed by atoms with E-state index < -0.39 is 6.10 Å². The van der Waals surface area contributed by atoms with Crippen LogP contribution in [0.15, 0.2) is 60.8 Å². The van der Waals surface area contributed by atoms with Gasteiger partial charge in [0.2, 0.25) is 0 Å². The molecule has 0 aliphatic heterocycles. The van der Waals surface area contributed by atoms with E-state index in [2.05, 4.69) is 81.5 Å². The van der Waals surface area contributed by atoms with Crippen LogP contribution in [0.25, 0.3) is 0 Å². The number of carbonyl (C=O) groups is 3. The lowest BCUT2D eigenvalue weighted by Gasteiger charge is -2.18. The van der Waals surface area contributed by atoms with E-state index in [-0.39, 0.29) is 31.1 Å². The minimum absolute atomic E-state index is 0.0811. The molecule has 0 aromatic heterocycles. The largest absolute Gasteiger partial charge is 0.462 e. The lowest BCUT2D eigenvalue weighted by atomic mass is 10.1. The maximum atomic E-state index is 12.7. The summed E-state index contributed by atoms with van der Waals surface area (Å²) in [7, 11) is 0. The molecule has 0 aliphatic rings. The smallest absolute Gasteiger partial charge is 0.306 e.